The summed E-state index contributed by atoms with van der Waals surface area (Å²) in [5, 5.41) is 0. The Labute approximate surface area is 201 Å². The molecule has 0 saturated heterocycles. The van der Waals surface area contributed by atoms with E-state index in [1.165, 1.54) is 24.0 Å². The van der Waals surface area contributed by atoms with Crippen LogP contribution in [-0.2, 0) is 38.6 Å². The number of hydrogen-bond donors (Lipinski definition) is 1. The molecule has 0 amide bonds. The maximum Gasteiger partial charge on any atom is 0.348 e. The summed E-state index contributed by atoms with van der Waals surface area (Å²) < 4.78 is 31.0. The number of nitrogens with one attached hydrogen (secondary N) is 1. The van der Waals surface area contributed by atoms with Crippen molar-refractivity contribution < 1.29 is 17.9 Å². The van der Waals surface area contributed by atoms with Crippen LogP contribution in [0.5, 0.6) is 0 Å². The van der Waals surface area contributed by atoms with Gasteiger partial charge in [0, 0.05) is 22.5 Å². The average Bonchev–Trinajstić information content (AvgIpc) is 3.53. The second-order valence-electron chi connectivity index (χ2n) is 8.34. The van der Waals surface area contributed by atoms with E-state index in [-0.39, 0.29) is 11.7 Å². The Bertz CT molecular complexity index is 1130. The van der Waals surface area contributed by atoms with E-state index in [4.69, 9.17) is 4.74 Å². The SMILES string of the molecule is CCCCc1ccc(CC(CCc2ccc(C(=O)OC)s2)(c2ccc[nH]2)S(=O)(=O)CC)cc1. The van der Waals surface area contributed by atoms with Crippen molar-refractivity contribution in [2.45, 2.75) is 57.1 Å². The van der Waals surface area contributed by atoms with Crippen LogP contribution in [0.15, 0.2) is 54.7 Å². The van der Waals surface area contributed by atoms with Gasteiger partial charge >= 0.3 is 5.97 Å². The Morgan fingerprint density at radius 1 is 1.03 bits per heavy atom. The lowest BCUT2D eigenvalue weighted by Crippen LogP contribution is -2.40. The molecule has 0 bridgehead atoms. The molecule has 0 radical (unpaired) electrons. The van der Waals surface area contributed by atoms with Crippen LogP contribution in [0, 0.1) is 0 Å². The molecule has 7 heteroatoms. The van der Waals surface area contributed by atoms with Gasteiger partial charge in [0.15, 0.2) is 9.84 Å². The minimum atomic E-state index is -3.47. The van der Waals surface area contributed by atoms with Crippen LogP contribution in [0.25, 0.3) is 0 Å². The molecule has 1 N–H and O–H groups in total. The van der Waals surface area contributed by atoms with Crippen molar-refractivity contribution in [3.63, 3.8) is 0 Å². The van der Waals surface area contributed by atoms with Crippen molar-refractivity contribution in [3.05, 3.63) is 81.3 Å². The van der Waals surface area contributed by atoms with Crippen molar-refractivity contribution in [2.24, 2.45) is 0 Å². The summed E-state index contributed by atoms with van der Waals surface area (Å²) in [5.41, 5.74) is 2.99. The van der Waals surface area contributed by atoms with Crippen molar-refractivity contribution >= 4 is 27.1 Å². The van der Waals surface area contributed by atoms with Crippen LogP contribution in [0.4, 0.5) is 0 Å². The number of methoxy groups -OCH3 is 1. The number of hydrogen-bond acceptors (Lipinski definition) is 5. The lowest BCUT2D eigenvalue weighted by Gasteiger charge is -2.33. The Morgan fingerprint density at radius 3 is 2.36 bits per heavy atom. The summed E-state index contributed by atoms with van der Waals surface area (Å²) in [4.78, 5) is 16.5. The number of aromatic amines is 1. The van der Waals surface area contributed by atoms with Gasteiger partial charge in [-0.3, -0.25) is 0 Å². The van der Waals surface area contributed by atoms with Gasteiger partial charge in [0.25, 0.3) is 0 Å². The Balaban J connectivity index is 1.95. The van der Waals surface area contributed by atoms with Crippen LogP contribution in [0.2, 0.25) is 0 Å². The van der Waals surface area contributed by atoms with Crippen LogP contribution >= 0.6 is 11.3 Å². The molecule has 3 rings (SSSR count). The number of carbonyl (C=O) groups excluding carboxylic acids is 1. The topological polar surface area (TPSA) is 76.2 Å². The molecule has 3 aromatic rings. The average molecular weight is 488 g/mol. The molecule has 5 nitrogen and oxygen atoms in total. The van der Waals surface area contributed by atoms with Crippen LogP contribution in [0.1, 0.15) is 64.5 Å². The van der Waals surface area contributed by atoms with Crippen molar-refractivity contribution in [2.75, 3.05) is 12.9 Å². The smallest absolute Gasteiger partial charge is 0.348 e. The third-order valence-corrected chi connectivity index (χ3v) is 9.86. The maximum atomic E-state index is 13.6. The number of aryl methyl sites for hydroxylation is 2. The Hall–Kier alpha value is -2.38. The third kappa shape index (κ3) is 5.76. The van der Waals surface area contributed by atoms with Crippen molar-refractivity contribution in [1.29, 1.82) is 0 Å². The molecule has 0 aliphatic rings. The number of benzene rings is 1. The molecule has 0 aliphatic heterocycles. The zero-order valence-electron chi connectivity index (χ0n) is 19.6. The van der Waals surface area contributed by atoms with Crippen LogP contribution in [0.3, 0.4) is 0 Å². The van der Waals surface area contributed by atoms with E-state index in [1.54, 1.807) is 19.2 Å². The van der Waals surface area contributed by atoms with E-state index in [1.807, 2.05) is 18.2 Å². The number of sulfone groups is 1. The fraction of sp³-hybridized carbons (Fsp3) is 0.423. The molecule has 1 atom stereocenters. The zero-order chi connectivity index (χ0) is 23.9. The molecule has 2 aromatic heterocycles. The number of unbranched alkanes of at least 4 members (excludes halogenated alkanes) is 1. The van der Waals surface area contributed by atoms with E-state index in [0.29, 0.717) is 29.8 Å². The maximum absolute atomic E-state index is 13.6. The first-order valence-electron chi connectivity index (χ1n) is 11.5. The largest absolute Gasteiger partial charge is 0.465 e. The molecule has 33 heavy (non-hydrogen) atoms. The van der Waals surface area contributed by atoms with E-state index in [2.05, 4.69) is 36.2 Å². The number of rotatable bonds is 12. The second-order valence-corrected chi connectivity index (χ2v) is 12.1. The summed E-state index contributed by atoms with van der Waals surface area (Å²) in [6, 6.07) is 15.7. The monoisotopic (exact) mass is 487 g/mol. The number of thiophene rings is 1. The van der Waals surface area contributed by atoms with E-state index in [0.717, 1.165) is 29.7 Å². The fourth-order valence-electron chi connectivity index (χ4n) is 4.22. The molecular weight excluding hydrogens is 454 g/mol. The first-order chi connectivity index (χ1) is 15.8. The molecule has 0 spiro atoms. The standard InChI is InChI=1S/C26H33NO4S2/c1-4-6-8-20-10-12-21(13-11-20)19-26(33(29,30)5-2,24-9-7-18-27-24)17-16-22-14-15-23(32-22)25(28)31-3/h7,9-15,18,27H,4-6,8,16-17,19H2,1-3H3. The van der Waals surface area contributed by atoms with Gasteiger partial charge in [0.2, 0.25) is 0 Å². The summed E-state index contributed by atoms with van der Waals surface area (Å²) in [6.45, 7) is 3.89. The molecule has 2 heterocycles. The molecule has 0 saturated carbocycles. The predicted octanol–water partition coefficient (Wildman–Crippen LogP) is 5.71. The molecule has 178 valence electrons. The normalized spacial score (nSPS) is 13.5. The minimum Gasteiger partial charge on any atom is -0.465 e. The lowest BCUT2D eigenvalue weighted by molar-refractivity contribution is 0.0606. The predicted molar refractivity (Wildman–Crippen MR) is 135 cm³/mol. The Kier molecular flexibility index (Phi) is 8.54. The van der Waals surface area contributed by atoms with Gasteiger partial charge in [-0.1, -0.05) is 44.5 Å². The van der Waals surface area contributed by atoms with Crippen LogP contribution in [-0.4, -0.2) is 32.2 Å². The second kappa shape index (κ2) is 11.2. The van der Waals surface area contributed by atoms with E-state index >= 15 is 0 Å². The minimum absolute atomic E-state index is 0.0540. The van der Waals surface area contributed by atoms with Gasteiger partial charge in [-0.15, -0.1) is 11.3 Å². The number of ether oxygens (including phenoxy) is 1. The highest BCUT2D eigenvalue weighted by Gasteiger charge is 2.45. The quantitative estimate of drug-likeness (QED) is 0.332. The van der Waals surface area contributed by atoms with Crippen LogP contribution < -0.4 is 0 Å². The summed E-state index contributed by atoms with van der Waals surface area (Å²) in [5.74, 6) is -0.315. The highest BCUT2D eigenvalue weighted by Crippen LogP contribution is 2.39. The summed E-state index contributed by atoms with van der Waals surface area (Å²) in [7, 11) is -2.11. The van der Waals surface area contributed by atoms with Gasteiger partial charge in [0.1, 0.15) is 9.62 Å². The first-order valence-corrected chi connectivity index (χ1v) is 13.9. The Morgan fingerprint density at radius 2 is 1.76 bits per heavy atom. The molecule has 0 aliphatic carbocycles. The molecule has 1 aromatic carbocycles. The number of esters is 1. The highest BCUT2D eigenvalue weighted by molar-refractivity contribution is 7.92. The molecule has 1 unspecified atom stereocenters. The zero-order valence-corrected chi connectivity index (χ0v) is 21.2. The third-order valence-electron chi connectivity index (χ3n) is 6.22. The van der Waals surface area contributed by atoms with E-state index in [9.17, 15) is 13.2 Å². The summed E-state index contributed by atoms with van der Waals surface area (Å²) >= 11 is 1.36. The lowest BCUT2D eigenvalue weighted by atomic mass is 9.90. The highest BCUT2D eigenvalue weighted by atomic mass is 32.2. The molecular formula is C26H33NO4S2. The van der Waals surface area contributed by atoms with Gasteiger partial charge in [-0.25, -0.2) is 13.2 Å². The van der Waals surface area contributed by atoms with Gasteiger partial charge in [-0.05, 0) is 67.5 Å². The molecule has 0 fully saturated rings. The fourth-order valence-corrected chi connectivity index (χ4v) is 6.96. The van der Waals surface area contributed by atoms with Gasteiger partial charge in [-0.2, -0.15) is 0 Å². The van der Waals surface area contributed by atoms with E-state index < -0.39 is 14.6 Å². The number of aromatic nitrogens is 1. The van der Waals surface area contributed by atoms with Gasteiger partial charge < -0.3 is 9.72 Å². The van der Waals surface area contributed by atoms with Gasteiger partial charge in [0.05, 0.1) is 7.11 Å². The van der Waals surface area contributed by atoms with Crippen molar-refractivity contribution in [3.8, 4) is 0 Å². The number of carbonyl (C=O) groups is 1. The summed E-state index contributed by atoms with van der Waals surface area (Å²) in [6.07, 6.45) is 6.47. The van der Waals surface area contributed by atoms with Crippen molar-refractivity contribution in [1.82, 2.24) is 4.98 Å². The first kappa shape index (κ1) is 25.2. The number of H-pyrrole nitrogens is 1.